The molecule has 9 heteroatoms. The smallest absolute Gasteiger partial charge is 0.251 e. The second kappa shape index (κ2) is 11.6. The number of amides is 3. The molecule has 0 saturated carbocycles. The molecule has 1 aromatic rings. The lowest BCUT2D eigenvalue weighted by Crippen LogP contribution is -2.56. The van der Waals surface area contributed by atoms with Crippen molar-refractivity contribution in [1.29, 1.82) is 0 Å². The number of benzene rings is 1. The first kappa shape index (κ1) is 28.7. The minimum Gasteiger partial charge on any atom is -0.394 e. The maximum atomic E-state index is 14.6. The standard InChI is InChI=1S/C31H42N4O4S/c1-5-17-33-18-9-11-24-25(28(33)37)26-29(38)35(21(6-2)20-36)27-30(39)34(19-10-16-31(26,27)40-24)23-14-12-22(13-15-23)32(7-3)8-4/h9-16,21,24-27,36H,5-8,17-20H2,1-4H3/t21-,24-,25+,26-,27?,31-/m0/s1. The van der Waals surface area contributed by atoms with Crippen LogP contribution in [0.3, 0.4) is 0 Å². The highest BCUT2D eigenvalue weighted by molar-refractivity contribution is 8.02. The van der Waals surface area contributed by atoms with Gasteiger partial charge in [0.15, 0.2) is 0 Å². The zero-order chi connectivity index (χ0) is 28.6. The van der Waals surface area contributed by atoms with Gasteiger partial charge in [-0.25, -0.2) is 0 Å². The molecule has 6 atom stereocenters. The molecule has 3 amide bonds. The van der Waals surface area contributed by atoms with Gasteiger partial charge in [0.25, 0.3) is 5.91 Å². The van der Waals surface area contributed by atoms with Crippen LogP contribution in [-0.2, 0) is 14.4 Å². The predicted octanol–water partition coefficient (Wildman–Crippen LogP) is 3.31. The first-order valence-electron chi connectivity index (χ1n) is 14.8. The number of carbonyl (C=O) groups is 3. The highest BCUT2D eigenvalue weighted by Crippen LogP contribution is 2.61. The van der Waals surface area contributed by atoms with E-state index in [2.05, 4.69) is 24.8 Å². The summed E-state index contributed by atoms with van der Waals surface area (Å²) in [5, 5.41) is 10.2. The predicted molar refractivity (Wildman–Crippen MR) is 160 cm³/mol. The molecule has 216 valence electrons. The normalized spacial score (nSPS) is 30.2. The second-order valence-electron chi connectivity index (χ2n) is 11.1. The van der Waals surface area contributed by atoms with Gasteiger partial charge in [0.05, 0.1) is 29.2 Å². The van der Waals surface area contributed by atoms with E-state index in [4.69, 9.17) is 0 Å². The molecule has 4 heterocycles. The van der Waals surface area contributed by atoms with Crippen molar-refractivity contribution in [3.05, 3.63) is 48.6 Å². The number of likely N-dealkylation sites (tertiary alicyclic amines) is 1. The first-order valence-corrected chi connectivity index (χ1v) is 15.6. The van der Waals surface area contributed by atoms with Gasteiger partial charge in [-0.2, -0.15) is 0 Å². The van der Waals surface area contributed by atoms with Crippen molar-refractivity contribution in [2.75, 3.05) is 49.1 Å². The Labute approximate surface area is 242 Å². The number of anilines is 2. The number of nitrogens with zero attached hydrogens (tertiary/aromatic N) is 4. The maximum Gasteiger partial charge on any atom is 0.251 e. The third-order valence-corrected chi connectivity index (χ3v) is 10.8. The zero-order valence-corrected chi connectivity index (χ0v) is 24.8. The third-order valence-electron chi connectivity index (χ3n) is 9.04. The lowest BCUT2D eigenvalue weighted by Gasteiger charge is -2.38. The molecule has 0 aliphatic carbocycles. The Balaban J connectivity index is 1.57. The van der Waals surface area contributed by atoms with Gasteiger partial charge in [0.1, 0.15) is 6.04 Å². The molecule has 1 spiro atoms. The Hall–Kier alpha value is -2.78. The summed E-state index contributed by atoms with van der Waals surface area (Å²) in [6.45, 7) is 11.3. The molecule has 5 rings (SSSR count). The second-order valence-corrected chi connectivity index (χ2v) is 12.6. The molecule has 1 aromatic carbocycles. The minimum atomic E-state index is -0.878. The minimum absolute atomic E-state index is 0.00818. The van der Waals surface area contributed by atoms with Gasteiger partial charge in [-0.05, 0) is 51.0 Å². The molecule has 2 saturated heterocycles. The maximum absolute atomic E-state index is 14.6. The van der Waals surface area contributed by atoms with E-state index in [1.54, 1.807) is 21.6 Å². The van der Waals surface area contributed by atoms with E-state index >= 15 is 0 Å². The van der Waals surface area contributed by atoms with E-state index in [0.717, 1.165) is 30.9 Å². The van der Waals surface area contributed by atoms with E-state index in [9.17, 15) is 19.5 Å². The van der Waals surface area contributed by atoms with Crippen molar-refractivity contribution in [3.63, 3.8) is 0 Å². The summed E-state index contributed by atoms with van der Waals surface area (Å²) in [5.41, 5.74) is 1.87. The number of thioether (sulfide) groups is 1. The summed E-state index contributed by atoms with van der Waals surface area (Å²) in [5.74, 6) is -1.56. The van der Waals surface area contributed by atoms with E-state index in [1.165, 1.54) is 0 Å². The summed E-state index contributed by atoms with van der Waals surface area (Å²) in [6, 6.07) is 6.72. The van der Waals surface area contributed by atoms with Crippen molar-refractivity contribution < 1.29 is 19.5 Å². The zero-order valence-electron chi connectivity index (χ0n) is 24.0. The van der Waals surface area contributed by atoms with E-state index < -0.39 is 28.7 Å². The van der Waals surface area contributed by atoms with Gasteiger partial charge in [0, 0.05) is 49.3 Å². The van der Waals surface area contributed by atoms with Crippen LogP contribution in [0.15, 0.2) is 48.6 Å². The largest absolute Gasteiger partial charge is 0.394 e. The Morgan fingerprint density at radius 2 is 1.73 bits per heavy atom. The average molecular weight is 567 g/mol. The van der Waals surface area contributed by atoms with Crippen LogP contribution in [0, 0.1) is 11.8 Å². The Morgan fingerprint density at radius 3 is 2.35 bits per heavy atom. The van der Waals surface area contributed by atoms with Crippen LogP contribution in [0.2, 0.25) is 0 Å². The van der Waals surface area contributed by atoms with Crippen molar-refractivity contribution >= 4 is 40.9 Å². The monoisotopic (exact) mass is 566 g/mol. The third kappa shape index (κ3) is 4.45. The lowest BCUT2D eigenvalue weighted by molar-refractivity contribution is -0.144. The molecule has 40 heavy (non-hydrogen) atoms. The fourth-order valence-corrected chi connectivity index (χ4v) is 9.06. The molecule has 8 nitrogen and oxygen atoms in total. The lowest BCUT2D eigenvalue weighted by atomic mass is 9.78. The first-order chi connectivity index (χ1) is 19.4. The van der Waals surface area contributed by atoms with Gasteiger partial charge in [-0.15, -0.1) is 11.8 Å². The molecular formula is C31H42N4O4S. The fraction of sp³-hybridized carbons (Fsp3) is 0.581. The van der Waals surface area contributed by atoms with Crippen LogP contribution in [0.5, 0.6) is 0 Å². The highest BCUT2D eigenvalue weighted by atomic mass is 32.2. The molecule has 1 unspecified atom stereocenters. The summed E-state index contributed by atoms with van der Waals surface area (Å²) >= 11 is 1.59. The highest BCUT2D eigenvalue weighted by Gasteiger charge is 2.71. The van der Waals surface area contributed by atoms with Crippen molar-refractivity contribution in [1.82, 2.24) is 9.80 Å². The Morgan fingerprint density at radius 1 is 1.00 bits per heavy atom. The van der Waals surface area contributed by atoms with Crippen molar-refractivity contribution in [2.45, 2.75) is 62.6 Å². The number of fused-ring (bicyclic) bond motifs is 2. The number of aliphatic hydroxyl groups excluding tert-OH is 1. The summed E-state index contributed by atoms with van der Waals surface area (Å²) in [4.78, 5) is 50.4. The van der Waals surface area contributed by atoms with Crippen LogP contribution in [-0.4, -0.2) is 94.0 Å². The van der Waals surface area contributed by atoms with Crippen molar-refractivity contribution in [3.8, 4) is 0 Å². The molecule has 1 N–H and O–H groups in total. The van der Waals surface area contributed by atoms with Crippen LogP contribution in [0.4, 0.5) is 11.4 Å². The number of hydrogen-bond acceptors (Lipinski definition) is 6. The summed E-state index contributed by atoms with van der Waals surface area (Å²) in [6.07, 6.45) is 9.50. The number of aliphatic hydroxyl groups is 1. The van der Waals surface area contributed by atoms with Crippen LogP contribution in [0.25, 0.3) is 0 Å². The molecule has 0 aromatic heterocycles. The van der Waals surface area contributed by atoms with Gasteiger partial charge < -0.3 is 24.7 Å². The van der Waals surface area contributed by atoms with Gasteiger partial charge in [-0.3, -0.25) is 14.4 Å². The molecule has 0 radical (unpaired) electrons. The summed E-state index contributed by atoms with van der Waals surface area (Å²) < 4.78 is -0.878. The van der Waals surface area contributed by atoms with E-state index in [1.807, 2.05) is 61.2 Å². The molecular weight excluding hydrogens is 524 g/mol. The Bertz CT molecular complexity index is 1180. The molecule has 0 bridgehead atoms. The number of carbonyl (C=O) groups excluding carboxylic acids is 3. The fourth-order valence-electron chi connectivity index (χ4n) is 7.07. The van der Waals surface area contributed by atoms with Gasteiger partial charge in [0.2, 0.25) is 11.8 Å². The van der Waals surface area contributed by atoms with Crippen LogP contribution >= 0.6 is 11.8 Å². The van der Waals surface area contributed by atoms with Gasteiger partial charge in [-0.1, -0.05) is 38.2 Å². The van der Waals surface area contributed by atoms with Crippen molar-refractivity contribution in [2.24, 2.45) is 11.8 Å². The summed E-state index contributed by atoms with van der Waals surface area (Å²) in [7, 11) is 0. The van der Waals surface area contributed by atoms with Crippen LogP contribution in [0.1, 0.15) is 40.5 Å². The van der Waals surface area contributed by atoms with E-state index in [-0.39, 0.29) is 29.6 Å². The van der Waals surface area contributed by atoms with Crippen LogP contribution < -0.4 is 9.80 Å². The average Bonchev–Trinajstić information content (AvgIpc) is 3.28. The topological polar surface area (TPSA) is 84.4 Å². The molecule has 4 aliphatic heterocycles. The Kier molecular flexibility index (Phi) is 8.34. The van der Waals surface area contributed by atoms with Gasteiger partial charge >= 0.3 is 0 Å². The molecule has 4 aliphatic rings. The number of rotatable bonds is 9. The molecule has 2 fully saturated rings. The quantitative estimate of drug-likeness (QED) is 0.462. The number of hydrogen-bond donors (Lipinski definition) is 1. The SMILES string of the molecule is CCCN1CC=C[C@@H]2S[C@]34C=CCN(c5ccc(N(CC)CC)cc5)C(=O)C3N([C@@H](CC)CO)C(=O)[C@@H]4[C@@H]2C1=O. The van der Waals surface area contributed by atoms with E-state index in [0.29, 0.717) is 26.1 Å².